The minimum atomic E-state index is -0.0181. The molecule has 1 aliphatic heterocycles. The van der Waals surface area contributed by atoms with Crippen LogP contribution in [0.4, 0.5) is 5.69 Å². The van der Waals surface area contributed by atoms with Gasteiger partial charge in [-0.1, -0.05) is 0 Å². The number of piperidine rings is 1. The molecule has 0 saturated carbocycles. The number of carbonyl (C=O) groups is 2. The lowest BCUT2D eigenvalue weighted by molar-refractivity contribution is -0.119. The van der Waals surface area contributed by atoms with Crippen molar-refractivity contribution < 1.29 is 9.59 Å². The second kappa shape index (κ2) is 6.26. The summed E-state index contributed by atoms with van der Waals surface area (Å²) in [6, 6.07) is 5.41. The van der Waals surface area contributed by atoms with Crippen LogP contribution in [0, 0.1) is 0 Å². The first-order chi connectivity index (χ1) is 9.47. The number of carbonyl (C=O) groups excluding carboxylic acids is 2. The van der Waals surface area contributed by atoms with E-state index in [1.54, 1.807) is 23.1 Å². The fraction of sp³-hybridized carbons (Fsp3) is 0.429. The highest BCUT2D eigenvalue weighted by Gasteiger charge is 2.24. The zero-order chi connectivity index (χ0) is 14.7. The van der Waals surface area contributed by atoms with E-state index < -0.39 is 0 Å². The molecule has 2 rings (SSSR count). The van der Waals surface area contributed by atoms with Gasteiger partial charge in [0.15, 0.2) is 0 Å². The number of hydrogen-bond acceptors (Lipinski definition) is 3. The standard InChI is InChI=1S/C14H18BrN3O2/c1-9(19)17-11-4-6-18(7-5-11)14(20)10-2-3-12(15)13(16)8-10/h2-3,8,11H,4-7,16H2,1H3,(H,17,19). The fourth-order valence-electron chi connectivity index (χ4n) is 2.37. The number of likely N-dealkylation sites (tertiary alicyclic amines) is 1. The molecule has 5 nitrogen and oxygen atoms in total. The molecule has 108 valence electrons. The van der Waals surface area contributed by atoms with E-state index in [0.717, 1.165) is 17.3 Å². The molecule has 1 aliphatic rings. The largest absolute Gasteiger partial charge is 0.398 e. The topological polar surface area (TPSA) is 75.4 Å². The fourth-order valence-corrected chi connectivity index (χ4v) is 2.62. The van der Waals surface area contributed by atoms with Gasteiger partial charge in [0.25, 0.3) is 5.91 Å². The van der Waals surface area contributed by atoms with Gasteiger partial charge in [0, 0.05) is 41.8 Å². The smallest absolute Gasteiger partial charge is 0.253 e. The van der Waals surface area contributed by atoms with E-state index in [9.17, 15) is 9.59 Å². The normalized spacial score (nSPS) is 16.0. The molecular formula is C14H18BrN3O2. The van der Waals surface area contributed by atoms with Crippen molar-refractivity contribution in [1.29, 1.82) is 0 Å². The summed E-state index contributed by atoms with van der Waals surface area (Å²) < 4.78 is 0.790. The van der Waals surface area contributed by atoms with Crippen LogP contribution in [0.1, 0.15) is 30.1 Å². The zero-order valence-corrected chi connectivity index (χ0v) is 12.9. The van der Waals surface area contributed by atoms with E-state index in [1.807, 2.05) is 0 Å². The number of nitrogens with zero attached hydrogens (tertiary/aromatic N) is 1. The van der Waals surface area contributed by atoms with Gasteiger partial charge in [0.05, 0.1) is 0 Å². The van der Waals surface area contributed by atoms with Gasteiger partial charge in [-0.2, -0.15) is 0 Å². The van der Waals surface area contributed by atoms with Crippen LogP contribution in [0.15, 0.2) is 22.7 Å². The summed E-state index contributed by atoms with van der Waals surface area (Å²) in [7, 11) is 0. The lowest BCUT2D eigenvalue weighted by Crippen LogP contribution is -2.46. The van der Waals surface area contributed by atoms with Crippen molar-refractivity contribution in [3.63, 3.8) is 0 Å². The van der Waals surface area contributed by atoms with Crippen LogP contribution in [0.3, 0.4) is 0 Å². The average Bonchev–Trinajstić information content (AvgIpc) is 2.41. The molecule has 0 aromatic heterocycles. The maximum absolute atomic E-state index is 12.4. The molecule has 0 bridgehead atoms. The number of anilines is 1. The minimum absolute atomic E-state index is 0.00882. The van der Waals surface area contributed by atoms with Gasteiger partial charge in [-0.25, -0.2) is 0 Å². The maximum atomic E-state index is 12.4. The van der Waals surface area contributed by atoms with Gasteiger partial charge in [-0.15, -0.1) is 0 Å². The third-order valence-electron chi connectivity index (χ3n) is 3.43. The van der Waals surface area contributed by atoms with Gasteiger partial charge in [0.2, 0.25) is 5.91 Å². The quantitative estimate of drug-likeness (QED) is 0.806. The number of nitrogen functional groups attached to an aromatic ring is 1. The second-order valence-corrected chi connectivity index (χ2v) is 5.86. The summed E-state index contributed by atoms with van der Waals surface area (Å²) in [4.78, 5) is 25.2. The highest BCUT2D eigenvalue weighted by atomic mass is 79.9. The van der Waals surface area contributed by atoms with Crippen molar-refractivity contribution in [2.45, 2.75) is 25.8 Å². The van der Waals surface area contributed by atoms with Crippen molar-refractivity contribution in [2.75, 3.05) is 18.8 Å². The van der Waals surface area contributed by atoms with Crippen LogP contribution in [0.5, 0.6) is 0 Å². The van der Waals surface area contributed by atoms with Crippen LogP contribution in [-0.2, 0) is 4.79 Å². The monoisotopic (exact) mass is 339 g/mol. The summed E-state index contributed by atoms with van der Waals surface area (Å²) in [6.07, 6.45) is 1.58. The van der Waals surface area contributed by atoms with Gasteiger partial charge in [0.1, 0.15) is 0 Å². The maximum Gasteiger partial charge on any atom is 0.253 e. The summed E-state index contributed by atoms with van der Waals surface area (Å²) in [5, 5.41) is 2.89. The van der Waals surface area contributed by atoms with E-state index in [0.29, 0.717) is 24.3 Å². The molecule has 1 saturated heterocycles. The van der Waals surface area contributed by atoms with Crippen LogP contribution >= 0.6 is 15.9 Å². The van der Waals surface area contributed by atoms with Crippen LogP contribution < -0.4 is 11.1 Å². The Morgan fingerprint density at radius 1 is 1.35 bits per heavy atom. The number of halogens is 1. The van der Waals surface area contributed by atoms with Gasteiger partial charge < -0.3 is 16.0 Å². The van der Waals surface area contributed by atoms with Crippen molar-refractivity contribution >= 4 is 33.4 Å². The Kier molecular flexibility index (Phi) is 4.65. The highest BCUT2D eigenvalue weighted by Crippen LogP contribution is 2.22. The summed E-state index contributed by atoms with van der Waals surface area (Å²) in [5.74, 6) is -0.0269. The Morgan fingerprint density at radius 2 is 2.00 bits per heavy atom. The number of amides is 2. The first-order valence-electron chi connectivity index (χ1n) is 6.59. The second-order valence-electron chi connectivity index (χ2n) is 5.00. The highest BCUT2D eigenvalue weighted by molar-refractivity contribution is 9.10. The van der Waals surface area contributed by atoms with Crippen molar-refractivity contribution in [1.82, 2.24) is 10.2 Å². The van der Waals surface area contributed by atoms with Gasteiger partial charge in [-0.05, 0) is 47.0 Å². The zero-order valence-electron chi connectivity index (χ0n) is 11.4. The summed E-state index contributed by atoms with van der Waals surface area (Å²) in [6.45, 7) is 2.82. The number of benzene rings is 1. The van der Waals surface area contributed by atoms with Crippen LogP contribution in [0.2, 0.25) is 0 Å². The molecule has 0 atom stereocenters. The van der Waals surface area contributed by atoms with Crippen molar-refractivity contribution in [3.05, 3.63) is 28.2 Å². The number of nitrogens with one attached hydrogen (secondary N) is 1. The van der Waals surface area contributed by atoms with E-state index >= 15 is 0 Å². The number of nitrogens with two attached hydrogens (primary N) is 1. The molecule has 1 heterocycles. The van der Waals surface area contributed by atoms with Crippen molar-refractivity contribution in [2.24, 2.45) is 0 Å². The SMILES string of the molecule is CC(=O)NC1CCN(C(=O)c2ccc(Br)c(N)c2)CC1. The lowest BCUT2D eigenvalue weighted by atomic mass is 10.0. The minimum Gasteiger partial charge on any atom is -0.398 e. The number of rotatable bonds is 2. The molecule has 1 fully saturated rings. The predicted octanol–water partition coefficient (Wildman–Crippen LogP) is 1.77. The average molecular weight is 340 g/mol. The molecule has 0 radical (unpaired) electrons. The Labute approximate surface area is 126 Å². The van der Waals surface area contributed by atoms with E-state index in [1.165, 1.54) is 6.92 Å². The van der Waals surface area contributed by atoms with Crippen LogP contribution in [-0.4, -0.2) is 35.8 Å². The first-order valence-corrected chi connectivity index (χ1v) is 7.38. The molecule has 0 aliphatic carbocycles. The van der Waals surface area contributed by atoms with Gasteiger partial charge in [-0.3, -0.25) is 9.59 Å². The predicted molar refractivity (Wildman–Crippen MR) is 81.3 cm³/mol. The molecule has 6 heteroatoms. The third-order valence-corrected chi connectivity index (χ3v) is 4.15. The molecule has 1 aromatic rings. The van der Waals surface area contributed by atoms with E-state index in [-0.39, 0.29) is 17.9 Å². The molecule has 0 spiro atoms. The Morgan fingerprint density at radius 3 is 2.55 bits per heavy atom. The van der Waals surface area contributed by atoms with Gasteiger partial charge >= 0.3 is 0 Å². The first kappa shape index (κ1) is 14.8. The molecule has 3 N–H and O–H groups in total. The molecular weight excluding hydrogens is 322 g/mol. The number of hydrogen-bond donors (Lipinski definition) is 2. The van der Waals surface area contributed by atoms with Crippen molar-refractivity contribution in [3.8, 4) is 0 Å². The molecule has 2 amide bonds. The molecule has 0 unspecified atom stereocenters. The lowest BCUT2D eigenvalue weighted by Gasteiger charge is -2.32. The van der Waals surface area contributed by atoms with E-state index in [2.05, 4.69) is 21.2 Å². The molecule has 20 heavy (non-hydrogen) atoms. The molecule has 1 aromatic carbocycles. The van der Waals surface area contributed by atoms with Crippen LogP contribution in [0.25, 0.3) is 0 Å². The van der Waals surface area contributed by atoms with E-state index in [4.69, 9.17) is 5.73 Å². The Balaban J connectivity index is 1.97. The third kappa shape index (κ3) is 3.50. The summed E-state index contributed by atoms with van der Waals surface area (Å²) >= 11 is 3.32. The Hall–Kier alpha value is -1.56. The Bertz CT molecular complexity index is 525. The summed E-state index contributed by atoms with van der Waals surface area (Å²) in [5.41, 5.74) is 6.96.